The van der Waals surface area contributed by atoms with Gasteiger partial charge in [0.2, 0.25) is 0 Å². The SMILES string of the molecule is Cc1cccnc1P(=O)(O)OP(=O)(O)OP(=O)(O)O. The highest BCUT2D eigenvalue weighted by atomic mass is 31.3. The summed E-state index contributed by atoms with van der Waals surface area (Å²) in [6.07, 6.45) is 1.14. The number of nitrogens with zero attached hydrogens (tertiary/aromatic N) is 1. The van der Waals surface area contributed by atoms with Crippen LogP contribution in [0.3, 0.4) is 0 Å². The Morgan fingerprint density at radius 2 is 1.68 bits per heavy atom. The fraction of sp³-hybridized carbons (Fsp3) is 0.167. The molecule has 4 N–H and O–H groups in total. The third-order valence-corrected chi connectivity index (χ3v) is 6.06. The Morgan fingerprint density at radius 1 is 1.11 bits per heavy atom. The van der Waals surface area contributed by atoms with E-state index in [1.807, 2.05) is 0 Å². The molecule has 0 amide bonds. The molecule has 0 aliphatic rings. The Balaban J connectivity index is 3.04. The van der Waals surface area contributed by atoms with Gasteiger partial charge in [-0.25, -0.2) is 18.4 Å². The van der Waals surface area contributed by atoms with Crippen LogP contribution >= 0.6 is 23.2 Å². The maximum absolute atomic E-state index is 11.7. The van der Waals surface area contributed by atoms with E-state index in [1.165, 1.54) is 19.1 Å². The zero-order valence-corrected chi connectivity index (χ0v) is 12.0. The minimum absolute atomic E-state index is 0.185. The predicted molar refractivity (Wildman–Crippen MR) is 62.5 cm³/mol. The van der Waals surface area contributed by atoms with Gasteiger partial charge in [0.05, 0.1) is 0 Å². The van der Waals surface area contributed by atoms with Crippen molar-refractivity contribution < 1.29 is 41.9 Å². The summed E-state index contributed by atoms with van der Waals surface area (Å²) >= 11 is 0. The smallest absolute Gasteiger partial charge is 0.320 e. The maximum atomic E-state index is 11.7. The van der Waals surface area contributed by atoms with Crippen LogP contribution in [-0.2, 0) is 22.3 Å². The van der Waals surface area contributed by atoms with E-state index in [-0.39, 0.29) is 5.56 Å². The van der Waals surface area contributed by atoms with Gasteiger partial charge in [-0.15, -0.1) is 0 Å². The maximum Gasteiger partial charge on any atom is 0.488 e. The molecule has 2 unspecified atom stereocenters. The lowest BCUT2D eigenvalue weighted by molar-refractivity contribution is 0.224. The Bertz CT molecular complexity index is 610. The lowest BCUT2D eigenvalue weighted by Gasteiger charge is -2.16. The first kappa shape index (κ1) is 16.7. The minimum Gasteiger partial charge on any atom is -0.320 e. The van der Waals surface area contributed by atoms with Gasteiger partial charge in [0, 0.05) is 6.20 Å². The van der Waals surface area contributed by atoms with Crippen LogP contribution in [-0.4, -0.2) is 24.6 Å². The van der Waals surface area contributed by atoms with Crippen LogP contribution < -0.4 is 5.44 Å². The Hall–Kier alpha value is -0.400. The molecule has 1 aromatic rings. The van der Waals surface area contributed by atoms with Gasteiger partial charge in [-0.05, 0) is 18.6 Å². The quantitative estimate of drug-likeness (QED) is 0.555. The van der Waals surface area contributed by atoms with Crippen molar-refractivity contribution in [1.29, 1.82) is 0 Å². The molecule has 1 heterocycles. The average molecular weight is 333 g/mol. The molecule has 2 atom stereocenters. The van der Waals surface area contributed by atoms with Gasteiger partial charge < -0.3 is 19.6 Å². The van der Waals surface area contributed by atoms with Crippen molar-refractivity contribution in [3.63, 3.8) is 0 Å². The molecule has 0 radical (unpaired) electrons. The van der Waals surface area contributed by atoms with Crippen molar-refractivity contribution in [2.75, 3.05) is 0 Å². The van der Waals surface area contributed by atoms with Crippen LogP contribution in [0.5, 0.6) is 0 Å². The highest BCUT2D eigenvalue weighted by Gasteiger charge is 2.41. The minimum atomic E-state index is -5.44. The van der Waals surface area contributed by atoms with Crippen molar-refractivity contribution in [2.45, 2.75) is 6.92 Å². The summed E-state index contributed by atoms with van der Waals surface area (Å²) in [4.78, 5) is 38.7. The molecule has 1 rings (SSSR count). The molecule has 0 saturated heterocycles. The van der Waals surface area contributed by atoms with Crippen LogP contribution in [0.4, 0.5) is 0 Å². The van der Waals surface area contributed by atoms with Gasteiger partial charge >= 0.3 is 23.2 Å². The molecular formula is C6H10NO9P3. The molecule has 0 saturated carbocycles. The summed E-state index contributed by atoms with van der Waals surface area (Å²) < 4.78 is 40.7. The van der Waals surface area contributed by atoms with E-state index in [1.54, 1.807) is 0 Å². The molecule has 10 nitrogen and oxygen atoms in total. The fourth-order valence-electron chi connectivity index (χ4n) is 1.10. The first-order valence-corrected chi connectivity index (χ1v) is 9.09. The van der Waals surface area contributed by atoms with Crippen molar-refractivity contribution in [3.05, 3.63) is 23.9 Å². The number of aryl methyl sites for hydroxylation is 1. The average Bonchev–Trinajstić information content (AvgIpc) is 2.11. The fourth-order valence-corrected chi connectivity index (χ4v) is 4.72. The molecule has 0 fully saturated rings. The topological polar surface area (TPSA) is 163 Å². The summed E-state index contributed by atoms with van der Waals surface area (Å²) in [5.74, 6) is 0. The van der Waals surface area contributed by atoms with Gasteiger partial charge in [-0.1, -0.05) is 6.07 Å². The van der Waals surface area contributed by atoms with Crippen molar-refractivity contribution in [2.24, 2.45) is 0 Å². The van der Waals surface area contributed by atoms with Crippen LogP contribution in [0.15, 0.2) is 18.3 Å². The zero-order chi connectivity index (χ0) is 14.9. The summed E-state index contributed by atoms with van der Waals surface area (Å²) in [5, 5.41) is 0. The lowest BCUT2D eigenvalue weighted by Crippen LogP contribution is -2.14. The second kappa shape index (κ2) is 5.54. The molecule has 108 valence electrons. The number of hydrogen-bond acceptors (Lipinski definition) is 6. The third-order valence-electron chi connectivity index (χ3n) is 1.67. The molecule has 19 heavy (non-hydrogen) atoms. The van der Waals surface area contributed by atoms with Crippen molar-refractivity contribution in [1.82, 2.24) is 4.98 Å². The number of phosphoric acid groups is 2. The largest absolute Gasteiger partial charge is 0.488 e. The Labute approximate surface area is 107 Å². The summed E-state index contributed by atoms with van der Waals surface area (Å²) in [5.41, 5.74) is -0.344. The normalized spacial score (nSPS) is 18.6. The van der Waals surface area contributed by atoms with E-state index in [4.69, 9.17) is 14.7 Å². The zero-order valence-electron chi connectivity index (χ0n) is 9.35. The van der Waals surface area contributed by atoms with Crippen LogP contribution in [0.1, 0.15) is 5.56 Å². The van der Waals surface area contributed by atoms with Gasteiger partial charge in [0.1, 0.15) is 0 Å². The van der Waals surface area contributed by atoms with E-state index in [2.05, 4.69) is 13.6 Å². The lowest BCUT2D eigenvalue weighted by atomic mass is 10.3. The Morgan fingerprint density at radius 3 is 2.16 bits per heavy atom. The number of pyridine rings is 1. The van der Waals surface area contributed by atoms with Gasteiger partial charge in [-0.2, -0.15) is 4.31 Å². The van der Waals surface area contributed by atoms with E-state index in [0.717, 1.165) is 6.20 Å². The third kappa shape index (κ3) is 5.24. The summed E-state index contributed by atoms with van der Waals surface area (Å²) in [7, 11) is -15.7. The van der Waals surface area contributed by atoms with E-state index in [9.17, 15) is 18.6 Å². The predicted octanol–water partition coefficient (Wildman–Crippen LogP) is 0.427. The first-order valence-electron chi connectivity index (χ1n) is 4.49. The number of hydrogen-bond donors (Lipinski definition) is 4. The monoisotopic (exact) mass is 333 g/mol. The van der Waals surface area contributed by atoms with Crippen LogP contribution in [0, 0.1) is 6.92 Å². The number of aromatic nitrogens is 1. The number of rotatable bonds is 5. The van der Waals surface area contributed by atoms with Crippen LogP contribution in [0.25, 0.3) is 0 Å². The van der Waals surface area contributed by atoms with Gasteiger partial charge in [-0.3, -0.25) is 4.57 Å². The molecule has 13 heteroatoms. The summed E-state index contributed by atoms with van der Waals surface area (Å²) in [6, 6.07) is 2.84. The van der Waals surface area contributed by atoms with Crippen molar-refractivity contribution >= 4 is 28.7 Å². The molecule has 0 spiro atoms. The highest BCUT2D eigenvalue weighted by Crippen LogP contribution is 2.65. The molecule has 1 aromatic heterocycles. The second-order valence-electron chi connectivity index (χ2n) is 3.29. The van der Waals surface area contributed by atoms with E-state index < -0.39 is 28.7 Å². The first-order chi connectivity index (χ1) is 8.43. The summed E-state index contributed by atoms with van der Waals surface area (Å²) in [6.45, 7) is 1.39. The highest BCUT2D eigenvalue weighted by molar-refractivity contribution is 7.71. The molecular weight excluding hydrogens is 323 g/mol. The van der Waals surface area contributed by atoms with E-state index >= 15 is 0 Å². The van der Waals surface area contributed by atoms with Crippen LogP contribution in [0.2, 0.25) is 0 Å². The Kier molecular flexibility index (Phi) is 4.85. The van der Waals surface area contributed by atoms with E-state index in [0.29, 0.717) is 0 Å². The molecule has 0 aliphatic heterocycles. The van der Waals surface area contributed by atoms with Gasteiger partial charge in [0.15, 0.2) is 5.44 Å². The molecule has 0 bridgehead atoms. The standard InChI is InChI=1S/C6H10NO9P3/c1-5-3-2-4-7-6(5)17(8,9)15-19(13,14)16-18(10,11)12/h2-4H,1H3,(H,8,9)(H,13,14)(H2,10,11,12). The van der Waals surface area contributed by atoms with Crippen molar-refractivity contribution in [3.8, 4) is 0 Å². The second-order valence-corrected chi connectivity index (χ2v) is 7.98. The molecule has 0 aromatic carbocycles. The molecule has 0 aliphatic carbocycles. The van der Waals surface area contributed by atoms with Gasteiger partial charge in [0.25, 0.3) is 0 Å².